The molecule has 0 atom stereocenters. The SMILES string of the molecule is CCCCCCC(=O)NCCCC/C=C\CCCCCCC(=O)O. The Hall–Kier alpha value is -1.32. The molecule has 0 fully saturated rings. The quantitative estimate of drug-likeness (QED) is 0.282. The number of carboxylic acids is 1. The first-order valence-electron chi connectivity index (χ1n) is 9.80. The standard InChI is InChI=1S/C20H37NO3/c1-2-3-4-13-16-19(22)21-18-15-12-10-8-6-5-7-9-11-14-17-20(23)24/h6,8H,2-5,7,9-18H2,1H3,(H,21,22)(H,23,24)/b8-6-. The number of carboxylic acid groups (broad SMARTS) is 1. The Balaban J connectivity index is 3.23. The number of carbonyl (C=O) groups excluding carboxylic acids is 1. The number of amides is 1. The molecule has 0 aromatic heterocycles. The van der Waals surface area contributed by atoms with Gasteiger partial charge in [0.2, 0.25) is 5.91 Å². The van der Waals surface area contributed by atoms with Gasteiger partial charge in [-0.15, -0.1) is 0 Å². The average molecular weight is 340 g/mol. The Bertz CT molecular complexity index is 340. The van der Waals surface area contributed by atoms with Crippen molar-refractivity contribution in [2.75, 3.05) is 6.54 Å². The molecule has 0 rings (SSSR count). The van der Waals surface area contributed by atoms with E-state index in [2.05, 4.69) is 24.4 Å². The smallest absolute Gasteiger partial charge is 0.303 e. The molecule has 0 bridgehead atoms. The highest BCUT2D eigenvalue weighted by Crippen LogP contribution is 2.07. The molecule has 0 aromatic carbocycles. The minimum absolute atomic E-state index is 0.199. The number of unbranched alkanes of at least 4 members (excludes halogenated alkanes) is 9. The third kappa shape index (κ3) is 18.7. The van der Waals surface area contributed by atoms with E-state index < -0.39 is 5.97 Å². The lowest BCUT2D eigenvalue weighted by Crippen LogP contribution is -2.23. The first kappa shape index (κ1) is 22.7. The van der Waals surface area contributed by atoms with Crippen LogP contribution in [0, 0.1) is 0 Å². The van der Waals surface area contributed by atoms with Crippen molar-refractivity contribution in [2.24, 2.45) is 0 Å². The van der Waals surface area contributed by atoms with Gasteiger partial charge in [0.15, 0.2) is 0 Å². The van der Waals surface area contributed by atoms with Gasteiger partial charge in [0.05, 0.1) is 0 Å². The Labute approximate surface area is 148 Å². The van der Waals surface area contributed by atoms with Gasteiger partial charge < -0.3 is 10.4 Å². The average Bonchev–Trinajstić information content (AvgIpc) is 2.55. The summed E-state index contributed by atoms with van der Waals surface area (Å²) >= 11 is 0. The highest BCUT2D eigenvalue weighted by molar-refractivity contribution is 5.75. The maximum absolute atomic E-state index is 11.6. The number of rotatable bonds is 17. The van der Waals surface area contributed by atoms with Crippen LogP contribution in [-0.4, -0.2) is 23.5 Å². The number of hydrogen-bond donors (Lipinski definition) is 2. The molecule has 0 aliphatic carbocycles. The van der Waals surface area contributed by atoms with Crippen LogP contribution < -0.4 is 5.32 Å². The molecule has 4 heteroatoms. The minimum atomic E-state index is -0.692. The largest absolute Gasteiger partial charge is 0.481 e. The van der Waals surface area contributed by atoms with Crippen molar-refractivity contribution < 1.29 is 14.7 Å². The number of carbonyl (C=O) groups is 2. The predicted molar refractivity (Wildman–Crippen MR) is 100 cm³/mol. The first-order chi connectivity index (χ1) is 11.7. The molecule has 0 aliphatic rings. The molecule has 0 spiro atoms. The summed E-state index contributed by atoms with van der Waals surface area (Å²) in [4.78, 5) is 21.9. The Morgan fingerprint density at radius 2 is 1.38 bits per heavy atom. The van der Waals surface area contributed by atoms with Gasteiger partial charge in [-0.3, -0.25) is 9.59 Å². The molecule has 4 nitrogen and oxygen atoms in total. The fourth-order valence-corrected chi connectivity index (χ4v) is 2.54. The summed E-state index contributed by atoms with van der Waals surface area (Å²) in [5.74, 6) is -0.493. The number of aliphatic carboxylic acids is 1. The zero-order valence-electron chi connectivity index (χ0n) is 15.5. The number of nitrogens with one attached hydrogen (secondary N) is 1. The summed E-state index contributed by atoms with van der Waals surface area (Å²) in [5.41, 5.74) is 0. The van der Waals surface area contributed by atoms with E-state index in [0.717, 1.165) is 70.8 Å². The van der Waals surface area contributed by atoms with E-state index in [1.807, 2.05) is 0 Å². The van der Waals surface area contributed by atoms with Crippen LogP contribution in [0.5, 0.6) is 0 Å². The van der Waals surface area contributed by atoms with Gasteiger partial charge >= 0.3 is 5.97 Å². The zero-order chi connectivity index (χ0) is 17.9. The molecule has 0 saturated carbocycles. The fraction of sp³-hybridized carbons (Fsp3) is 0.800. The van der Waals surface area contributed by atoms with Gasteiger partial charge in [-0.25, -0.2) is 0 Å². The molecule has 140 valence electrons. The Morgan fingerprint density at radius 3 is 2.04 bits per heavy atom. The Morgan fingerprint density at radius 1 is 0.792 bits per heavy atom. The molecule has 0 unspecified atom stereocenters. The molecule has 0 radical (unpaired) electrons. The van der Waals surface area contributed by atoms with Crippen molar-refractivity contribution in [3.63, 3.8) is 0 Å². The summed E-state index contributed by atoms with van der Waals surface area (Å²) in [6, 6.07) is 0. The van der Waals surface area contributed by atoms with Crippen LogP contribution in [0.1, 0.15) is 96.8 Å². The van der Waals surface area contributed by atoms with Gasteiger partial charge in [0, 0.05) is 19.4 Å². The zero-order valence-corrected chi connectivity index (χ0v) is 15.5. The predicted octanol–water partition coefficient (Wildman–Crippen LogP) is 5.22. The monoisotopic (exact) mass is 339 g/mol. The van der Waals surface area contributed by atoms with Crippen molar-refractivity contribution in [2.45, 2.75) is 96.8 Å². The minimum Gasteiger partial charge on any atom is -0.481 e. The van der Waals surface area contributed by atoms with E-state index >= 15 is 0 Å². The van der Waals surface area contributed by atoms with E-state index in [1.165, 1.54) is 12.8 Å². The van der Waals surface area contributed by atoms with Crippen molar-refractivity contribution in [3.05, 3.63) is 12.2 Å². The maximum atomic E-state index is 11.6. The topological polar surface area (TPSA) is 66.4 Å². The van der Waals surface area contributed by atoms with E-state index in [1.54, 1.807) is 0 Å². The lowest BCUT2D eigenvalue weighted by molar-refractivity contribution is -0.137. The van der Waals surface area contributed by atoms with Crippen LogP contribution >= 0.6 is 0 Å². The van der Waals surface area contributed by atoms with Crippen LogP contribution in [0.15, 0.2) is 12.2 Å². The van der Waals surface area contributed by atoms with Gasteiger partial charge in [-0.2, -0.15) is 0 Å². The normalized spacial score (nSPS) is 11.0. The number of allylic oxidation sites excluding steroid dienone is 2. The van der Waals surface area contributed by atoms with Crippen LogP contribution in [0.4, 0.5) is 0 Å². The molecule has 0 heterocycles. The van der Waals surface area contributed by atoms with Crippen LogP contribution in [0.25, 0.3) is 0 Å². The molecule has 0 aromatic rings. The summed E-state index contributed by atoms with van der Waals surface area (Å²) in [5, 5.41) is 11.5. The highest BCUT2D eigenvalue weighted by atomic mass is 16.4. The van der Waals surface area contributed by atoms with Crippen LogP contribution in [0.2, 0.25) is 0 Å². The highest BCUT2D eigenvalue weighted by Gasteiger charge is 1.99. The van der Waals surface area contributed by atoms with Crippen molar-refractivity contribution in [3.8, 4) is 0 Å². The summed E-state index contributed by atoms with van der Waals surface area (Å²) < 4.78 is 0. The van der Waals surface area contributed by atoms with Gasteiger partial charge in [-0.1, -0.05) is 51.2 Å². The van der Waals surface area contributed by atoms with Gasteiger partial charge in [-0.05, 0) is 44.9 Å². The lowest BCUT2D eigenvalue weighted by Gasteiger charge is -2.04. The first-order valence-corrected chi connectivity index (χ1v) is 9.80. The second-order valence-corrected chi connectivity index (χ2v) is 6.47. The molecular weight excluding hydrogens is 302 g/mol. The summed E-state index contributed by atoms with van der Waals surface area (Å²) in [6.45, 7) is 2.97. The summed E-state index contributed by atoms with van der Waals surface area (Å²) in [7, 11) is 0. The number of hydrogen-bond acceptors (Lipinski definition) is 2. The van der Waals surface area contributed by atoms with E-state index in [9.17, 15) is 9.59 Å². The molecule has 1 amide bonds. The summed E-state index contributed by atoms with van der Waals surface area (Å²) in [6.07, 6.45) is 18.4. The van der Waals surface area contributed by atoms with Crippen molar-refractivity contribution >= 4 is 11.9 Å². The fourth-order valence-electron chi connectivity index (χ4n) is 2.54. The second kappa shape index (κ2) is 18.0. The molecule has 2 N–H and O–H groups in total. The van der Waals surface area contributed by atoms with Crippen molar-refractivity contribution in [1.82, 2.24) is 5.32 Å². The molecule has 24 heavy (non-hydrogen) atoms. The maximum Gasteiger partial charge on any atom is 0.303 e. The Kier molecular flexibility index (Phi) is 17.0. The molecular formula is C20H37NO3. The van der Waals surface area contributed by atoms with Gasteiger partial charge in [0.25, 0.3) is 0 Å². The van der Waals surface area contributed by atoms with E-state index in [0.29, 0.717) is 12.8 Å². The van der Waals surface area contributed by atoms with Crippen LogP contribution in [-0.2, 0) is 9.59 Å². The van der Waals surface area contributed by atoms with Gasteiger partial charge in [0.1, 0.15) is 0 Å². The molecule has 0 saturated heterocycles. The third-order valence-corrected chi connectivity index (χ3v) is 4.06. The van der Waals surface area contributed by atoms with Crippen molar-refractivity contribution in [1.29, 1.82) is 0 Å². The lowest BCUT2D eigenvalue weighted by atomic mass is 10.1. The third-order valence-electron chi connectivity index (χ3n) is 4.06. The second-order valence-electron chi connectivity index (χ2n) is 6.47. The molecule has 0 aliphatic heterocycles. The van der Waals surface area contributed by atoms with Crippen LogP contribution in [0.3, 0.4) is 0 Å². The van der Waals surface area contributed by atoms with E-state index in [-0.39, 0.29) is 5.91 Å². The van der Waals surface area contributed by atoms with E-state index in [4.69, 9.17) is 5.11 Å².